The molecule has 0 aliphatic carbocycles. The Morgan fingerprint density at radius 3 is 2.19 bits per heavy atom. The normalized spacial score (nSPS) is 18.6. The van der Waals surface area contributed by atoms with E-state index in [1.165, 1.54) is 0 Å². The maximum atomic E-state index is 11.8. The molecular weight excluding hydrogens is 264 g/mol. The van der Waals surface area contributed by atoms with Crippen molar-refractivity contribution in [2.24, 2.45) is 0 Å². The maximum absolute atomic E-state index is 11.8. The van der Waals surface area contributed by atoms with Gasteiger partial charge in [-0.05, 0) is 35.3 Å². The number of esters is 1. The Kier molecular flexibility index (Phi) is 3.92. The molecular formula is C18H26O3. The quantitative estimate of drug-likeness (QED) is 0.673. The molecule has 2 rings (SSSR count). The second-order valence-corrected chi connectivity index (χ2v) is 7.24. The molecule has 1 aliphatic rings. The van der Waals surface area contributed by atoms with E-state index in [1.54, 1.807) is 0 Å². The van der Waals surface area contributed by atoms with Crippen LogP contribution in [0.15, 0.2) is 12.1 Å². The minimum atomic E-state index is -1.15. The number of benzene rings is 1. The summed E-state index contributed by atoms with van der Waals surface area (Å²) in [7, 11) is 0. The van der Waals surface area contributed by atoms with E-state index in [2.05, 4.69) is 47.6 Å². The number of carbonyl (C=O) groups is 1. The Labute approximate surface area is 127 Å². The van der Waals surface area contributed by atoms with E-state index in [0.29, 0.717) is 11.3 Å². The van der Waals surface area contributed by atoms with Crippen LogP contribution < -0.4 is 4.74 Å². The molecule has 1 N–H and O–H groups in total. The van der Waals surface area contributed by atoms with Crippen molar-refractivity contribution >= 4 is 5.97 Å². The van der Waals surface area contributed by atoms with Crippen LogP contribution in [-0.4, -0.2) is 11.1 Å². The molecule has 0 saturated carbocycles. The van der Waals surface area contributed by atoms with Crippen molar-refractivity contribution in [1.82, 2.24) is 0 Å². The number of carbonyl (C=O) groups excluding carboxylic acids is 1. The van der Waals surface area contributed by atoms with Crippen LogP contribution in [0, 0.1) is 0 Å². The third kappa shape index (κ3) is 2.59. The molecule has 1 aromatic rings. The monoisotopic (exact) mass is 290 g/mol. The summed E-state index contributed by atoms with van der Waals surface area (Å²) >= 11 is 0. The highest BCUT2D eigenvalue weighted by molar-refractivity contribution is 5.85. The van der Waals surface area contributed by atoms with Crippen molar-refractivity contribution in [3.05, 3.63) is 28.8 Å². The van der Waals surface area contributed by atoms with Gasteiger partial charge in [0.2, 0.25) is 0 Å². The third-order valence-corrected chi connectivity index (χ3v) is 5.12. The zero-order valence-corrected chi connectivity index (χ0v) is 13.9. The van der Waals surface area contributed by atoms with Crippen molar-refractivity contribution in [1.29, 1.82) is 0 Å². The first-order valence-electron chi connectivity index (χ1n) is 7.72. The predicted molar refractivity (Wildman–Crippen MR) is 83.7 cm³/mol. The summed E-state index contributed by atoms with van der Waals surface area (Å²) in [4.78, 5) is 11.8. The molecule has 3 heteroatoms. The number of aliphatic hydroxyl groups is 1. The molecule has 0 bridgehead atoms. The molecule has 1 atom stereocenters. The van der Waals surface area contributed by atoms with Crippen LogP contribution in [0.25, 0.3) is 0 Å². The largest absolute Gasteiger partial charge is 0.424 e. The lowest BCUT2D eigenvalue weighted by Crippen LogP contribution is -2.21. The summed E-state index contributed by atoms with van der Waals surface area (Å²) in [5.41, 5.74) is 2.69. The molecule has 1 unspecified atom stereocenters. The number of aliphatic hydroxyl groups excluding tert-OH is 1. The summed E-state index contributed by atoms with van der Waals surface area (Å²) in [5, 5.41) is 10.1. The van der Waals surface area contributed by atoms with Gasteiger partial charge in [-0.3, -0.25) is 0 Å². The molecule has 0 radical (unpaired) electrons. The van der Waals surface area contributed by atoms with Crippen LogP contribution in [0.5, 0.6) is 5.75 Å². The van der Waals surface area contributed by atoms with E-state index in [-0.39, 0.29) is 10.8 Å². The van der Waals surface area contributed by atoms with Gasteiger partial charge in [0.1, 0.15) is 5.75 Å². The van der Waals surface area contributed by atoms with Crippen molar-refractivity contribution in [3.8, 4) is 5.75 Å². The van der Waals surface area contributed by atoms with E-state index < -0.39 is 12.1 Å². The Balaban J connectivity index is 2.71. The van der Waals surface area contributed by atoms with Crippen LogP contribution in [0.4, 0.5) is 0 Å². The minimum absolute atomic E-state index is 0.00103. The number of rotatable bonds is 4. The average Bonchev–Trinajstić information content (AvgIpc) is 2.73. The Morgan fingerprint density at radius 2 is 1.67 bits per heavy atom. The van der Waals surface area contributed by atoms with Gasteiger partial charge in [0.25, 0.3) is 0 Å². The number of ether oxygens (including phenoxy) is 1. The first-order valence-corrected chi connectivity index (χ1v) is 7.72. The van der Waals surface area contributed by atoms with Crippen molar-refractivity contribution < 1.29 is 14.6 Å². The van der Waals surface area contributed by atoms with E-state index in [1.807, 2.05) is 6.07 Å². The lowest BCUT2D eigenvalue weighted by Gasteiger charge is -2.30. The second-order valence-electron chi connectivity index (χ2n) is 7.24. The molecule has 1 aliphatic heterocycles. The van der Waals surface area contributed by atoms with Gasteiger partial charge in [0, 0.05) is 11.1 Å². The van der Waals surface area contributed by atoms with Crippen molar-refractivity contribution in [2.75, 3.05) is 0 Å². The highest BCUT2D eigenvalue weighted by Crippen LogP contribution is 2.45. The van der Waals surface area contributed by atoms with Crippen LogP contribution in [0.3, 0.4) is 0 Å². The van der Waals surface area contributed by atoms with Gasteiger partial charge in [-0.25, -0.2) is 4.79 Å². The van der Waals surface area contributed by atoms with Crippen molar-refractivity contribution in [3.63, 3.8) is 0 Å². The first kappa shape index (κ1) is 16.0. The molecule has 0 amide bonds. The smallest absolute Gasteiger partial charge is 0.345 e. The lowest BCUT2D eigenvalue weighted by molar-refractivity contribution is -0.141. The Bertz CT molecular complexity index is 570. The molecule has 21 heavy (non-hydrogen) atoms. The van der Waals surface area contributed by atoms with Crippen LogP contribution in [-0.2, 0) is 15.6 Å². The summed E-state index contributed by atoms with van der Waals surface area (Å²) < 4.78 is 5.35. The highest BCUT2D eigenvalue weighted by atomic mass is 16.6. The maximum Gasteiger partial charge on any atom is 0.345 e. The Hall–Kier alpha value is -1.35. The predicted octanol–water partition coefficient (Wildman–Crippen LogP) is 4.01. The van der Waals surface area contributed by atoms with E-state index in [4.69, 9.17) is 4.74 Å². The fraction of sp³-hybridized carbons (Fsp3) is 0.611. The number of hydrogen-bond donors (Lipinski definition) is 1. The molecule has 3 nitrogen and oxygen atoms in total. The molecule has 0 saturated heterocycles. The lowest BCUT2D eigenvalue weighted by atomic mass is 9.75. The fourth-order valence-corrected chi connectivity index (χ4v) is 2.54. The summed E-state index contributed by atoms with van der Waals surface area (Å²) in [6, 6.07) is 4.08. The molecule has 1 aromatic carbocycles. The van der Waals surface area contributed by atoms with E-state index in [9.17, 15) is 9.90 Å². The van der Waals surface area contributed by atoms with Crippen LogP contribution >= 0.6 is 0 Å². The van der Waals surface area contributed by atoms with E-state index in [0.717, 1.165) is 24.0 Å². The van der Waals surface area contributed by atoms with Gasteiger partial charge in [-0.1, -0.05) is 47.6 Å². The first-order chi connectivity index (χ1) is 9.64. The fourth-order valence-electron chi connectivity index (χ4n) is 2.54. The Morgan fingerprint density at radius 1 is 1.10 bits per heavy atom. The third-order valence-electron chi connectivity index (χ3n) is 5.12. The van der Waals surface area contributed by atoms with E-state index >= 15 is 0 Å². The van der Waals surface area contributed by atoms with Gasteiger partial charge in [0.05, 0.1) is 0 Å². The zero-order valence-electron chi connectivity index (χ0n) is 13.9. The number of hydrogen-bond acceptors (Lipinski definition) is 3. The van der Waals surface area contributed by atoms with Crippen molar-refractivity contribution in [2.45, 2.75) is 71.3 Å². The minimum Gasteiger partial charge on any atom is -0.424 e. The average molecular weight is 290 g/mol. The molecule has 1 heterocycles. The standard InChI is InChI=1S/C18H26O3/c1-7-17(3,4)11-9-12-14(19)16(20)21-15(12)13(10-11)18(5,6)8-2/h9-10,14,19H,7-8H2,1-6H3. The molecule has 116 valence electrons. The van der Waals surface area contributed by atoms with Crippen LogP contribution in [0.1, 0.15) is 77.2 Å². The summed E-state index contributed by atoms with van der Waals surface area (Å²) in [5.74, 6) is -0.000360. The number of fused-ring (bicyclic) bond motifs is 1. The molecule has 0 aromatic heterocycles. The highest BCUT2D eigenvalue weighted by Gasteiger charge is 2.38. The second kappa shape index (κ2) is 5.13. The summed E-state index contributed by atoms with van der Waals surface area (Å²) in [6.45, 7) is 12.9. The van der Waals surface area contributed by atoms with Gasteiger partial charge < -0.3 is 9.84 Å². The molecule has 0 spiro atoms. The SMILES string of the molecule is CCC(C)(C)c1cc2c(c(C(C)(C)CC)c1)OC(=O)C2O. The molecule has 0 fully saturated rings. The topological polar surface area (TPSA) is 46.5 Å². The zero-order chi connectivity index (χ0) is 16.0. The van der Waals surface area contributed by atoms with Gasteiger partial charge >= 0.3 is 5.97 Å². The van der Waals surface area contributed by atoms with Gasteiger partial charge in [-0.2, -0.15) is 0 Å². The van der Waals surface area contributed by atoms with Gasteiger partial charge in [-0.15, -0.1) is 0 Å². The van der Waals surface area contributed by atoms with Gasteiger partial charge in [0.15, 0.2) is 6.10 Å². The van der Waals surface area contributed by atoms with Crippen LogP contribution in [0.2, 0.25) is 0 Å². The summed E-state index contributed by atoms with van der Waals surface area (Å²) in [6.07, 6.45) is 0.769.